The Labute approximate surface area is 93.9 Å². The summed E-state index contributed by atoms with van der Waals surface area (Å²) in [5, 5.41) is 10.8. The van der Waals surface area contributed by atoms with Crippen LogP contribution in [0.5, 0.6) is 0 Å². The lowest BCUT2D eigenvalue weighted by molar-refractivity contribution is 0.0781. The molecule has 5 nitrogen and oxygen atoms in total. The SMILES string of the molecule is O=C(c1ccnnc1)N1CC2CNCC2C1. The molecule has 0 bridgehead atoms. The zero-order chi connectivity index (χ0) is 11.0. The summed E-state index contributed by atoms with van der Waals surface area (Å²) in [7, 11) is 0. The normalized spacial score (nSPS) is 28.1. The first-order chi connectivity index (χ1) is 7.84. The van der Waals surface area contributed by atoms with Crippen LogP contribution in [-0.4, -0.2) is 47.2 Å². The monoisotopic (exact) mass is 218 g/mol. The van der Waals surface area contributed by atoms with E-state index in [0.717, 1.165) is 26.2 Å². The summed E-state index contributed by atoms with van der Waals surface area (Å²) in [6.45, 7) is 3.84. The van der Waals surface area contributed by atoms with Gasteiger partial charge in [-0.2, -0.15) is 10.2 Å². The van der Waals surface area contributed by atoms with E-state index in [1.165, 1.54) is 6.20 Å². The van der Waals surface area contributed by atoms with Gasteiger partial charge in [-0.25, -0.2) is 0 Å². The van der Waals surface area contributed by atoms with E-state index >= 15 is 0 Å². The van der Waals surface area contributed by atoms with Crippen LogP contribution in [0.3, 0.4) is 0 Å². The molecule has 3 rings (SSSR count). The van der Waals surface area contributed by atoms with Gasteiger partial charge in [0.1, 0.15) is 0 Å². The molecular weight excluding hydrogens is 204 g/mol. The van der Waals surface area contributed by atoms with Crippen molar-refractivity contribution in [3.63, 3.8) is 0 Å². The molecule has 16 heavy (non-hydrogen) atoms. The highest BCUT2D eigenvalue weighted by atomic mass is 16.2. The van der Waals surface area contributed by atoms with Gasteiger partial charge in [-0.05, 0) is 17.9 Å². The predicted octanol–water partition coefficient (Wildman–Crippen LogP) is -0.232. The van der Waals surface area contributed by atoms with Gasteiger partial charge in [0, 0.05) is 26.2 Å². The second-order valence-electron chi connectivity index (χ2n) is 4.52. The molecule has 1 aromatic heterocycles. The topological polar surface area (TPSA) is 58.1 Å². The van der Waals surface area contributed by atoms with Crippen molar-refractivity contribution in [1.82, 2.24) is 20.4 Å². The molecule has 1 amide bonds. The van der Waals surface area contributed by atoms with Gasteiger partial charge in [-0.1, -0.05) is 0 Å². The second-order valence-corrected chi connectivity index (χ2v) is 4.52. The average Bonchev–Trinajstić information content (AvgIpc) is 2.89. The lowest BCUT2D eigenvalue weighted by Crippen LogP contribution is -2.31. The summed E-state index contributed by atoms with van der Waals surface area (Å²) in [6.07, 6.45) is 3.10. The van der Waals surface area contributed by atoms with Crippen LogP contribution >= 0.6 is 0 Å². The van der Waals surface area contributed by atoms with Gasteiger partial charge in [0.25, 0.3) is 5.91 Å². The van der Waals surface area contributed by atoms with Crippen molar-refractivity contribution in [2.24, 2.45) is 11.8 Å². The number of hydrogen-bond donors (Lipinski definition) is 1. The largest absolute Gasteiger partial charge is 0.338 e. The summed E-state index contributed by atoms with van der Waals surface area (Å²) in [6, 6.07) is 1.72. The van der Waals surface area contributed by atoms with Gasteiger partial charge in [0.2, 0.25) is 0 Å². The minimum atomic E-state index is 0.0873. The van der Waals surface area contributed by atoms with E-state index in [0.29, 0.717) is 17.4 Å². The van der Waals surface area contributed by atoms with E-state index in [-0.39, 0.29) is 5.91 Å². The number of hydrogen-bond acceptors (Lipinski definition) is 4. The van der Waals surface area contributed by atoms with E-state index in [1.54, 1.807) is 12.3 Å². The van der Waals surface area contributed by atoms with Gasteiger partial charge in [0.15, 0.2) is 0 Å². The molecule has 2 aliphatic rings. The average molecular weight is 218 g/mol. The van der Waals surface area contributed by atoms with E-state index in [1.807, 2.05) is 4.90 Å². The summed E-state index contributed by atoms with van der Waals surface area (Å²) >= 11 is 0. The molecule has 84 valence electrons. The zero-order valence-electron chi connectivity index (χ0n) is 8.97. The maximum Gasteiger partial charge on any atom is 0.255 e. The van der Waals surface area contributed by atoms with Crippen LogP contribution in [0.2, 0.25) is 0 Å². The zero-order valence-corrected chi connectivity index (χ0v) is 8.97. The highest BCUT2D eigenvalue weighted by Gasteiger charge is 2.38. The molecule has 2 aliphatic heterocycles. The van der Waals surface area contributed by atoms with Crippen molar-refractivity contribution in [1.29, 1.82) is 0 Å². The quantitative estimate of drug-likeness (QED) is 0.707. The van der Waals surface area contributed by atoms with E-state index in [9.17, 15) is 4.79 Å². The minimum absolute atomic E-state index is 0.0873. The molecular formula is C11H14N4O. The first kappa shape index (κ1) is 9.72. The first-order valence-corrected chi connectivity index (χ1v) is 5.61. The molecule has 2 unspecified atom stereocenters. The molecule has 0 saturated carbocycles. The van der Waals surface area contributed by atoms with E-state index < -0.39 is 0 Å². The number of carbonyl (C=O) groups is 1. The minimum Gasteiger partial charge on any atom is -0.338 e. The highest BCUT2D eigenvalue weighted by Crippen LogP contribution is 2.27. The third kappa shape index (κ3) is 1.57. The first-order valence-electron chi connectivity index (χ1n) is 5.61. The summed E-state index contributed by atoms with van der Waals surface area (Å²) in [4.78, 5) is 14.1. The number of carbonyl (C=O) groups excluding carboxylic acids is 1. The molecule has 5 heteroatoms. The van der Waals surface area contributed by atoms with Crippen LogP contribution in [0, 0.1) is 11.8 Å². The van der Waals surface area contributed by atoms with Gasteiger partial charge in [-0.15, -0.1) is 0 Å². The summed E-state index contributed by atoms with van der Waals surface area (Å²) < 4.78 is 0. The number of likely N-dealkylation sites (tertiary alicyclic amines) is 1. The van der Waals surface area contributed by atoms with Crippen LogP contribution in [0.15, 0.2) is 18.5 Å². The summed E-state index contributed by atoms with van der Waals surface area (Å²) in [5.41, 5.74) is 0.642. The van der Waals surface area contributed by atoms with Crippen molar-refractivity contribution in [2.75, 3.05) is 26.2 Å². The van der Waals surface area contributed by atoms with Crippen LogP contribution < -0.4 is 5.32 Å². The number of amides is 1. The maximum atomic E-state index is 12.1. The van der Waals surface area contributed by atoms with Crippen molar-refractivity contribution in [3.8, 4) is 0 Å². The van der Waals surface area contributed by atoms with Gasteiger partial charge >= 0.3 is 0 Å². The van der Waals surface area contributed by atoms with Gasteiger partial charge in [-0.3, -0.25) is 4.79 Å². The molecule has 2 saturated heterocycles. The molecule has 1 aromatic rings. The Balaban J connectivity index is 1.73. The van der Waals surface area contributed by atoms with Gasteiger partial charge < -0.3 is 10.2 Å². The molecule has 0 aromatic carbocycles. The van der Waals surface area contributed by atoms with Crippen LogP contribution in [0.4, 0.5) is 0 Å². The Bertz CT molecular complexity index is 382. The van der Waals surface area contributed by atoms with Crippen molar-refractivity contribution < 1.29 is 4.79 Å². The Morgan fingerprint density at radius 3 is 2.69 bits per heavy atom. The van der Waals surface area contributed by atoms with Crippen LogP contribution in [0.25, 0.3) is 0 Å². The molecule has 1 N–H and O–H groups in total. The Morgan fingerprint density at radius 2 is 2.06 bits per heavy atom. The van der Waals surface area contributed by atoms with Crippen LogP contribution in [0.1, 0.15) is 10.4 Å². The molecule has 2 atom stereocenters. The van der Waals surface area contributed by atoms with Gasteiger partial charge in [0.05, 0.1) is 18.0 Å². The van der Waals surface area contributed by atoms with E-state index in [4.69, 9.17) is 0 Å². The molecule has 0 aliphatic carbocycles. The summed E-state index contributed by atoms with van der Waals surface area (Å²) in [5.74, 6) is 1.36. The van der Waals surface area contributed by atoms with Crippen molar-refractivity contribution in [3.05, 3.63) is 24.0 Å². The Morgan fingerprint density at radius 1 is 1.31 bits per heavy atom. The number of aromatic nitrogens is 2. The lowest BCUT2D eigenvalue weighted by atomic mass is 10.0. The second kappa shape index (κ2) is 3.83. The fourth-order valence-corrected chi connectivity index (χ4v) is 2.62. The smallest absolute Gasteiger partial charge is 0.255 e. The number of nitrogens with one attached hydrogen (secondary N) is 1. The maximum absolute atomic E-state index is 12.1. The third-order valence-corrected chi connectivity index (χ3v) is 3.51. The van der Waals surface area contributed by atoms with Crippen molar-refractivity contribution in [2.45, 2.75) is 0 Å². The Hall–Kier alpha value is -1.49. The fourth-order valence-electron chi connectivity index (χ4n) is 2.62. The standard InChI is InChI=1S/C11H14N4O/c16-11(8-1-2-13-14-5-8)15-6-9-3-12-4-10(9)7-15/h1-2,5,9-10,12H,3-4,6-7H2. The van der Waals surface area contributed by atoms with E-state index in [2.05, 4.69) is 15.5 Å². The number of rotatable bonds is 1. The molecule has 0 spiro atoms. The highest BCUT2D eigenvalue weighted by molar-refractivity contribution is 5.94. The third-order valence-electron chi connectivity index (χ3n) is 3.51. The molecule has 3 heterocycles. The number of nitrogens with zero attached hydrogens (tertiary/aromatic N) is 3. The van der Waals surface area contributed by atoms with Crippen molar-refractivity contribution >= 4 is 5.91 Å². The molecule has 2 fully saturated rings. The Kier molecular flexibility index (Phi) is 2.32. The molecule has 0 radical (unpaired) electrons. The predicted molar refractivity (Wildman–Crippen MR) is 57.8 cm³/mol. The number of fused-ring (bicyclic) bond motifs is 1. The lowest BCUT2D eigenvalue weighted by Gasteiger charge is -2.16. The van der Waals surface area contributed by atoms with Crippen LogP contribution in [-0.2, 0) is 0 Å². The fraction of sp³-hybridized carbons (Fsp3) is 0.545.